The molecule has 3 rings (SSSR count). The van der Waals surface area contributed by atoms with Crippen molar-refractivity contribution in [1.29, 1.82) is 0 Å². The maximum Gasteiger partial charge on any atom is 0.255 e. The highest BCUT2D eigenvalue weighted by Gasteiger charge is 2.26. The van der Waals surface area contributed by atoms with Crippen molar-refractivity contribution in [3.05, 3.63) is 56.9 Å². The lowest BCUT2D eigenvalue weighted by Gasteiger charge is -2.25. The maximum absolute atomic E-state index is 13.1. The lowest BCUT2D eigenvalue weighted by Crippen LogP contribution is -2.40. The molecular weight excluding hydrogens is 474 g/mol. The summed E-state index contributed by atoms with van der Waals surface area (Å²) in [4.78, 5) is 15.1. The fourth-order valence-electron chi connectivity index (χ4n) is 3.56. The molecule has 0 aromatic heterocycles. The summed E-state index contributed by atoms with van der Waals surface area (Å²) in [5.74, 6) is 0.575. The van der Waals surface area contributed by atoms with Crippen LogP contribution >= 0.6 is 22.6 Å². The Labute approximate surface area is 178 Å². The SMILES string of the molecule is COc1cc(I)cc(C(=O)NC[C@@H]2CCCN2Cc2ccc(F)cc2)c1OC. The average Bonchev–Trinajstić information content (AvgIpc) is 3.14. The molecule has 1 fully saturated rings. The van der Waals surface area contributed by atoms with Gasteiger partial charge in [-0.1, -0.05) is 12.1 Å². The maximum atomic E-state index is 13.1. The minimum atomic E-state index is -0.226. The van der Waals surface area contributed by atoms with Gasteiger partial charge in [-0.3, -0.25) is 9.69 Å². The van der Waals surface area contributed by atoms with Crippen LogP contribution in [0.3, 0.4) is 0 Å². The third-order valence-corrected chi connectivity index (χ3v) is 5.61. The van der Waals surface area contributed by atoms with Gasteiger partial charge in [0.05, 0.1) is 19.8 Å². The van der Waals surface area contributed by atoms with Gasteiger partial charge in [0.2, 0.25) is 0 Å². The molecule has 1 atom stereocenters. The molecule has 1 amide bonds. The highest BCUT2D eigenvalue weighted by atomic mass is 127. The average molecular weight is 498 g/mol. The Hall–Kier alpha value is -1.87. The van der Waals surface area contributed by atoms with Crippen molar-refractivity contribution in [3.63, 3.8) is 0 Å². The third-order valence-electron chi connectivity index (χ3n) is 4.98. The molecule has 0 aliphatic carbocycles. The Morgan fingerprint density at radius 3 is 2.68 bits per heavy atom. The van der Waals surface area contributed by atoms with Gasteiger partial charge in [-0.2, -0.15) is 0 Å². The van der Waals surface area contributed by atoms with Gasteiger partial charge in [-0.25, -0.2) is 4.39 Å². The minimum absolute atomic E-state index is 0.178. The van der Waals surface area contributed by atoms with Crippen molar-refractivity contribution in [2.24, 2.45) is 0 Å². The van der Waals surface area contributed by atoms with Gasteiger partial charge in [-0.15, -0.1) is 0 Å². The molecule has 5 nitrogen and oxygen atoms in total. The van der Waals surface area contributed by atoms with Gasteiger partial charge < -0.3 is 14.8 Å². The van der Waals surface area contributed by atoms with Crippen LogP contribution < -0.4 is 14.8 Å². The largest absolute Gasteiger partial charge is 0.493 e. The molecule has 150 valence electrons. The smallest absolute Gasteiger partial charge is 0.255 e. The third kappa shape index (κ3) is 4.94. The summed E-state index contributed by atoms with van der Waals surface area (Å²) >= 11 is 2.15. The topological polar surface area (TPSA) is 50.8 Å². The van der Waals surface area contributed by atoms with Crippen molar-refractivity contribution in [1.82, 2.24) is 10.2 Å². The molecule has 7 heteroatoms. The summed E-state index contributed by atoms with van der Waals surface area (Å²) in [5.41, 5.74) is 1.54. The van der Waals surface area contributed by atoms with Gasteiger partial charge in [0.1, 0.15) is 5.82 Å². The van der Waals surface area contributed by atoms with Crippen molar-refractivity contribution in [3.8, 4) is 11.5 Å². The molecular formula is C21H24FIN2O3. The monoisotopic (exact) mass is 498 g/mol. The van der Waals surface area contributed by atoms with Crippen LogP contribution in [0, 0.1) is 9.39 Å². The Kier molecular flexibility index (Phi) is 7.12. The van der Waals surface area contributed by atoms with Crippen molar-refractivity contribution in [2.45, 2.75) is 25.4 Å². The molecule has 1 aliphatic rings. The number of likely N-dealkylation sites (tertiary alicyclic amines) is 1. The Morgan fingerprint density at radius 1 is 1.25 bits per heavy atom. The Balaban J connectivity index is 1.65. The Bertz CT molecular complexity index is 829. The first kappa shape index (κ1) is 20.9. The molecule has 1 saturated heterocycles. The second-order valence-corrected chi connectivity index (χ2v) is 8.04. The van der Waals surface area contributed by atoms with Crippen LogP contribution in [0.15, 0.2) is 36.4 Å². The number of ether oxygens (including phenoxy) is 2. The number of carbonyl (C=O) groups excluding carboxylic acids is 1. The number of methoxy groups -OCH3 is 2. The molecule has 1 heterocycles. The van der Waals surface area contributed by atoms with Crippen LogP contribution in [0.1, 0.15) is 28.8 Å². The zero-order valence-electron chi connectivity index (χ0n) is 16.0. The standard InChI is InChI=1S/C21H24FIN2O3/c1-27-19-11-16(23)10-18(20(19)28-2)21(26)24-12-17-4-3-9-25(17)13-14-5-7-15(22)8-6-14/h5-8,10-11,17H,3-4,9,12-13H2,1-2H3,(H,24,26)/t17-/m0/s1. The van der Waals surface area contributed by atoms with Crippen molar-refractivity contribution >= 4 is 28.5 Å². The van der Waals surface area contributed by atoms with Crippen LogP contribution in [0.25, 0.3) is 0 Å². The molecule has 2 aromatic carbocycles. The van der Waals surface area contributed by atoms with E-state index in [0.29, 0.717) is 23.6 Å². The first-order valence-corrected chi connectivity index (χ1v) is 10.3. The number of halogens is 2. The number of rotatable bonds is 7. The van der Waals surface area contributed by atoms with E-state index in [1.54, 1.807) is 13.2 Å². The van der Waals surface area contributed by atoms with E-state index >= 15 is 0 Å². The van der Waals surface area contributed by atoms with Gasteiger partial charge in [-0.05, 0) is 71.8 Å². The highest BCUT2D eigenvalue weighted by molar-refractivity contribution is 14.1. The van der Waals surface area contributed by atoms with E-state index in [9.17, 15) is 9.18 Å². The van der Waals surface area contributed by atoms with E-state index in [2.05, 4.69) is 32.8 Å². The number of carbonyl (C=O) groups is 1. The second kappa shape index (κ2) is 9.56. The molecule has 1 N–H and O–H groups in total. The molecule has 1 aliphatic heterocycles. The predicted molar refractivity (Wildman–Crippen MR) is 114 cm³/mol. The van der Waals surface area contributed by atoms with E-state index in [-0.39, 0.29) is 17.8 Å². The highest BCUT2D eigenvalue weighted by Crippen LogP contribution is 2.33. The fourth-order valence-corrected chi connectivity index (χ4v) is 4.16. The molecule has 0 radical (unpaired) electrons. The van der Waals surface area contributed by atoms with Crippen LogP contribution in [-0.4, -0.2) is 44.2 Å². The van der Waals surface area contributed by atoms with Gasteiger partial charge in [0, 0.05) is 22.7 Å². The minimum Gasteiger partial charge on any atom is -0.493 e. The first-order chi connectivity index (χ1) is 13.5. The van der Waals surface area contributed by atoms with Crippen molar-refractivity contribution in [2.75, 3.05) is 27.3 Å². The van der Waals surface area contributed by atoms with Gasteiger partial charge in [0.15, 0.2) is 11.5 Å². The van der Waals surface area contributed by atoms with Crippen LogP contribution in [0.2, 0.25) is 0 Å². The predicted octanol–water partition coefficient (Wildman–Crippen LogP) is 3.84. The fraction of sp³-hybridized carbons (Fsp3) is 0.381. The second-order valence-electron chi connectivity index (χ2n) is 6.79. The molecule has 28 heavy (non-hydrogen) atoms. The number of nitrogens with zero attached hydrogens (tertiary/aromatic N) is 1. The summed E-state index contributed by atoms with van der Waals surface area (Å²) in [6, 6.07) is 10.5. The van der Waals surface area contributed by atoms with E-state index in [1.165, 1.54) is 19.2 Å². The summed E-state index contributed by atoms with van der Waals surface area (Å²) in [7, 11) is 3.09. The lowest BCUT2D eigenvalue weighted by molar-refractivity contribution is 0.0936. The molecule has 2 aromatic rings. The van der Waals surface area contributed by atoms with E-state index in [1.807, 2.05) is 18.2 Å². The summed E-state index contributed by atoms with van der Waals surface area (Å²) < 4.78 is 24.7. The Morgan fingerprint density at radius 2 is 2.00 bits per heavy atom. The van der Waals surface area contributed by atoms with Crippen LogP contribution in [0.5, 0.6) is 11.5 Å². The van der Waals surface area contributed by atoms with Crippen LogP contribution in [-0.2, 0) is 6.54 Å². The molecule has 0 saturated carbocycles. The summed E-state index contributed by atoms with van der Waals surface area (Å²) in [5, 5.41) is 3.04. The summed E-state index contributed by atoms with van der Waals surface area (Å²) in [6.07, 6.45) is 2.11. The van der Waals surface area contributed by atoms with E-state index < -0.39 is 0 Å². The van der Waals surface area contributed by atoms with Crippen molar-refractivity contribution < 1.29 is 18.7 Å². The number of hydrogen-bond acceptors (Lipinski definition) is 4. The first-order valence-electron chi connectivity index (χ1n) is 9.20. The van der Waals surface area contributed by atoms with Gasteiger partial charge in [0.25, 0.3) is 5.91 Å². The quantitative estimate of drug-likeness (QED) is 0.590. The molecule has 0 spiro atoms. The van der Waals surface area contributed by atoms with E-state index in [0.717, 1.165) is 35.1 Å². The van der Waals surface area contributed by atoms with Crippen LogP contribution in [0.4, 0.5) is 4.39 Å². The summed E-state index contributed by atoms with van der Waals surface area (Å²) in [6.45, 7) is 2.27. The number of amides is 1. The molecule has 0 bridgehead atoms. The number of nitrogens with one attached hydrogen (secondary N) is 1. The van der Waals surface area contributed by atoms with E-state index in [4.69, 9.17) is 9.47 Å². The zero-order valence-corrected chi connectivity index (χ0v) is 18.2. The normalized spacial score (nSPS) is 16.8. The van der Waals surface area contributed by atoms with Gasteiger partial charge >= 0.3 is 0 Å². The number of benzene rings is 2. The number of hydrogen-bond donors (Lipinski definition) is 1. The zero-order chi connectivity index (χ0) is 20.1. The molecule has 0 unspecified atom stereocenters. The lowest BCUT2D eigenvalue weighted by atomic mass is 10.1.